The Labute approximate surface area is 140 Å². The standard InChI is InChI=1S/C17H21ClFN3O/c1-17(2)10-22(15(17)16-20-6-7-21(16)3)9-14(23)12-5-4-11(19)8-13(12)18/h4-8,14-15,23H,9-10H2,1-3H3/t14-,15-/m0/s1. The summed E-state index contributed by atoms with van der Waals surface area (Å²) < 4.78 is 15.2. The third-order valence-electron chi connectivity index (χ3n) is 4.55. The summed E-state index contributed by atoms with van der Waals surface area (Å²) in [4.78, 5) is 6.64. The molecule has 1 aromatic heterocycles. The van der Waals surface area contributed by atoms with Crippen LogP contribution >= 0.6 is 11.6 Å². The molecule has 1 saturated heterocycles. The summed E-state index contributed by atoms with van der Waals surface area (Å²) in [5, 5.41) is 10.8. The molecule has 0 unspecified atom stereocenters. The Morgan fingerprint density at radius 1 is 1.48 bits per heavy atom. The van der Waals surface area contributed by atoms with Gasteiger partial charge in [-0.1, -0.05) is 31.5 Å². The Hall–Kier alpha value is -1.43. The molecule has 1 N–H and O–H groups in total. The molecule has 2 atom stereocenters. The SMILES string of the molecule is Cn1ccnc1[C@@H]1N(C[C@H](O)c2ccc(F)cc2Cl)CC1(C)C. The number of nitrogens with zero attached hydrogens (tertiary/aromatic N) is 3. The number of likely N-dealkylation sites (tertiary alicyclic amines) is 1. The first-order chi connectivity index (χ1) is 10.8. The highest BCUT2D eigenvalue weighted by molar-refractivity contribution is 6.31. The molecular formula is C17H21ClFN3O. The Bertz CT molecular complexity index is 716. The van der Waals surface area contributed by atoms with E-state index in [1.54, 1.807) is 12.3 Å². The van der Waals surface area contributed by atoms with Crippen LogP contribution in [0, 0.1) is 11.2 Å². The molecule has 0 saturated carbocycles. The highest BCUT2D eigenvalue weighted by Crippen LogP contribution is 2.48. The van der Waals surface area contributed by atoms with Gasteiger partial charge >= 0.3 is 0 Å². The zero-order valence-corrected chi connectivity index (χ0v) is 14.3. The number of benzene rings is 1. The van der Waals surface area contributed by atoms with Crippen LogP contribution in [0.5, 0.6) is 0 Å². The van der Waals surface area contributed by atoms with Crippen molar-refractivity contribution in [3.63, 3.8) is 0 Å². The van der Waals surface area contributed by atoms with Gasteiger partial charge in [0.25, 0.3) is 0 Å². The fourth-order valence-electron chi connectivity index (χ4n) is 3.50. The fourth-order valence-corrected chi connectivity index (χ4v) is 3.79. The maximum Gasteiger partial charge on any atom is 0.126 e. The smallest absolute Gasteiger partial charge is 0.126 e. The van der Waals surface area contributed by atoms with Crippen LogP contribution in [0.3, 0.4) is 0 Å². The van der Waals surface area contributed by atoms with Crippen LogP contribution < -0.4 is 0 Å². The number of hydrogen-bond donors (Lipinski definition) is 1. The summed E-state index contributed by atoms with van der Waals surface area (Å²) in [5.41, 5.74) is 0.641. The van der Waals surface area contributed by atoms with Crippen molar-refractivity contribution in [3.05, 3.63) is 52.8 Å². The van der Waals surface area contributed by atoms with E-state index in [2.05, 4.69) is 23.7 Å². The van der Waals surface area contributed by atoms with Crippen LogP contribution in [-0.2, 0) is 7.05 Å². The van der Waals surface area contributed by atoms with E-state index in [0.717, 1.165) is 12.4 Å². The molecule has 4 nitrogen and oxygen atoms in total. The Morgan fingerprint density at radius 3 is 2.78 bits per heavy atom. The Balaban J connectivity index is 1.78. The van der Waals surface area contributed by atoms with Gasteiger partial charge in [-0.15, -0.1) is 0 Å². The lowest BCUT2D eigenvalue weighted by Gasteiger charge is -2.54. The second-order valence-corrected chi connectivity index (χ2v) is 7.31. The first kappa shape index (κ1) is 16.4. The molecule has 124 valence electrons. The van der Waals surface area contributed by atoms with Crippen LogP contribution in [0.15, 0.2) is 30.6 Å². The number of β-amino-alcohol motifs (C(OH)–C–C–N with tert-alkyl or cyclic N) is 1. The number of hydrogen-bond acceptors (Lipinski definition) is 3. The van der Waals surface area contributed by atoms with E-state index in [0.29, 0.717) is 12.1 Å². The predicted octanol–water partition coefficient (Wildman–Crippen LogP) is 3.33. The van der Waals surface area contributed by atoms with Gasteiger partial charge in [-0.3, -0.25) is 4.90 Å². The molecule has 23 heavy (non-hydrogen) atoms. The van der Waals surface area contributed by atoms with Gasteiger partial charge in [-0.05, 0) is 12.1 Å². The second-order valence-electron chi connectivity index (χ2n) is 6.90. The molecule has 3 rings (SSSR count). The van der Waals surface area contributed by atoms with Crippen molar-refractivity contribution in [1.82, 2.24) is 14.5 Å². The molecule has 2 heterocycles. The summed E-state index contributed by atoms with van der Waals surface area (Å²) in [5.74, 6) is 0.584. The molecule has 0 radical (unpaired) electrons. The molecule has 0 spiro atoms. The summed E-state index contributed by atoms with van der Waals surface area (Å²) in [7, 11) is 1.97. The van der Waals surface area contributed by atoms with Crippen LogP contribution in [0.25, 0.3) is 0 Å². The molecule has 0 aliphatic carbocycles. The van der Waals surface area contributed by atoms with Crippen LogP contribution in [0.4, 0.5) is 4.39 Å². The van der Waals surface area contributed by atoms with Crippen molar-refractivity contribution in [3.8, 4) is 0 Å². The minimum absolute atomic E-state index is 0.0887. The van der Waals surface area contributed by atoms with Crippen molar-refractivity contribution in [2.45, 2.75) is 26.0 Å². The molecule has 0 amide bonds. The van der Waals surface area contributed by atoms with E-state index >= 15 is 0 Å². The van der Waals surface area contributed by atoms with E-state index < -0.39 is 11.9 Å². The zero-order valence-electron chi connectivity index (χ0n) is 13.5. The van der Waals surface area contributed by atoms with Gasteiger partial charge in [-0.25, -0.2) is 9.37 Å². The second kappa shape index (κ2) is 5.89. The van der Waals surface area contributed by atoms with E-state index in [4.69, 9.17) is 11.6 Å². The number of aliphatic hydroxyl groups is 1. The van der Waals surface area contributed by atoms with Gasteiger partial charge in [0.2, 0.25) is 0 Å². The third-order valence-corrected chi connectivity index (χ3v) is 4.88. The predicted molar refractivity (Wildman–Crippen MR) is 87.7 cm³/mol. The molecule has 2 aromatic rings. The topological polar surface area (TPSA) is 41.3 Å². The molecule has 6 heteroatoms. The minimum atomic E-state index is -0.762. The number of imidazole rings is 1. The first-order valence-electron chi connectivity index (χ1n) is 7.64. The van der Waals surface area contributed by atoms with Crippen molar-refractivity contribution in [2.24, 2.45) is 12.5 Å². The molecule has 1 aromatic carbocycles. The average Bonchev–Trinajstić information content (AvgIpc) is 2.83. The normalized spacial score (nSPS) is 21.9. The number of aromatic nitrogens is 2. The lowest BCUT2D eigenvalue weighted by Crippen LogP contribution is -2.57. The Morgan fingerprint density at radius 2 is 2.22 bits per heavy atom. The summed E-state index contributed by atoms with van der Waals surface area (Å²) >= 11 is 6.05. The van der Waals surface area contributed by atoms with E-state index in [9.17, 15) is 9.50 Å². The number of aryl methyl sites for hydroxylation is 1. The summed E-state index contributed by atoms with van der Waals surface area (Å²) in [6.07, 6.45) is 2.95. The van der Waals surface area contributed by atoms with Crippen molar-refractivity contribution < 1.29 is 9.50 Å². The molecule has 1 aliphatic heterocycles. The van der Waals surface area contributed by atoms with Crippen LogP contribution in [0.1, 0.15) is 37.4 Å². The maximum atomic E-state index is 13.2. The number of halogens is 2. The molecular weight excluding hydrogens is 317 g/mol. The monoisotopic (exact) mass is 337 g/mol. The van der Waals surface area contributed by atoms with Gasteiger partial charge < -0.3 is 9.67 Å². The quantitative estimate of drug-likeness (QED) is 0.930. The zero-order chi connectivity index (χ0) is 16.8. The average molecular weight is 338 g/mol. The van der Waals surface area contributed by atoms with Crippen LogP contribution in [-0.4, -0.2) is 32.6 Å². The van der Waals surface area contributed by atoms with Crippen LogP contribution in [0.2, 0.25) is 5.02 Å². The molecule has 1 fully saturated rings. The van der Waals surface area contributed by atoms with Crippen molar-refractivity contribution >= 4 is 11.6 Å². The Kier molecular flexibility index (Phi) is 4.21. The largest absolute Gasteiger partial charge is 0.387 e. The lowest BCUT2D eigenvalue weighted by molar-refractivity contribution is -0.0798. The van der Waals surface area contributed by atoms with Gasteiger partial charge in [0.15, 0.2) is 0 Å². The lowest BCUT2D eigenvalue weighted by atomic mass is 9.74. The van der Waals surface area contributed by atoms with E-state index in [1.807, 2.05) is 17.8 Å². The number of rotatable bonds is 4. The molecule has 0 bridgehead atoms. The van der Waals surface area contributed by atoms with Gasteiger partial charge in [0.05, 0.1) is 12.1 Å². The summed E-state index contributed by atoms with van der Waals surface area (Å²) in [6, 6.07) is 4.23. The first-order valence-corrected chi connectivity index (χ1v) is 8.01. The van der Waals surface area contributed by atoms with Crippen molar-refractivity contribution in [2.75, 3.05) is 13.1 Å². The minimum Gasteiger partial charge on any atom is -0.387 e. The third kappa shape index (κ3) is 3.01. The van der Waals surface area contributed by atoms with Gasteiger partial charge in [0, 0.05) is 48.5 Å². The van der Waals surface area contributed by atoms with Gasteiger partial charge in [-0.2, -0.15) is 0 Å². The highest BCUT2D eigenvalue weighted by Gasteiger charge is 2.48. The molecule has 1 aliphatic rings. The summed E-state index contributed by atoms with van der Waals surface area (Å²) in [6.45, 7) is 5.69. The number of aliphatic hydroxyl groups excluding tert-OH is 1. The van der Waals surface area contributed by atoms with E-state index in [1.165, 1.54) is 12.1 Å². The van der Waals surface area contributed by atoms with Crippen molar-refractivity contribution in [1.29, 1.82) is 0 Å². The van der Waals surface area contributed by atoms with Gasteiger partial charge in [0.1, 0.15) is 11.6 Å². The van der Waals surface area contributed by atoms with E-state index in [-0.39, 0.29) is 16.5 Å². The maximum absolute atomic E-state index is 13.2. The fraction of sp³-hybridized carbons (Fsp3) is 0.471. The highest BCUT2D eigenvalue weighted by atomic mass is 35.5.